The van der Waals surface area contributed by atoms with E-state index in [4.69, 9.17) is 4.74 Å². The minimum absolute atomic E-state index is 0.226. The van der Waals surface area contributed by atoms with Crippen LogP contribution in [0.2, 0.25) is 0 Å². The highest BCUT2D eigenvalue weighted by Gasteiger charge is 2.26. The third kappa shape index (κ3) is 6.05. The number of benzene rings is 2. The average Bonchev–Trinajstić information content (AvgIpc) is 2.71. The van der Waals surface area contributed by atoms with Crippen LogP contribution < -0.4 is 14.5 Å². The lowest BCUT2D eigenvalue weighted by molar-refractivity contribution is -1.02. The number of piperazine rings is 1. The number of nitrogens with zero attached hydrogens (tertiary/aromatic N) is 1. The molecule has 1 aliphatic rings. The normalized spacial score (nSPS) is 19.0. The fourth-order valence-corrected chi connectivity index (χ4v) is 4.03. The molecule has 29 heavy (non-hydrogen) atoms. The second kappa shape index (κ2) is 9.90. The second-order valence-corrected chi connectivity index (χ2v) is 8.40. The smallest absolute Gasteiger partial charge is 0.277 e. The molecular formula is C24H35N3O2+2. The van der Waals surface area contributed by atoms with Gasteiger partial charge in [0.25, 0.3) is 5.91 Å². The third-order valence-electron chi connectivity index (χ3n) is 5.91. The molecule has 0 unspecified atom stereocenters. The Bertz CT molecular complexity index is 811. The zero-order valence-corrected chi connectivity index (χ0v) is 18.3. The topological polar surface area (TPSA) is 38.4 Å². The van der Waals surface area contributed by atoms with Gasteiger partial charge in [0.2, 0.25) is 0 Å². The Kier molecular flexibility index (Phi) is 7.29. The van der Waals surface area contributed by atoms with Gasteiger partial charge in [-0.05, 0) is 31.5 Å². The van der Waals surface area contributed by atoms with Gasteiger partial charge in [0.05, 0.1) is 7.11 Å². The maximum atomic E-state index is 12.7. The standard InChI is InChI=1S/C24H33N3O2/c1-19-5-8-21(9-6-19)16-25(3)24(28)18-27-13-11-26(12-14-27)17-22-15-20(2)7-10-23(22)29-4/h5-10,15H,11-14,16-18H2,1-4H3/p+2. The van der Waals surface area contributed by atoms with Crippen LogP contribution in [0.15, 0.2) is 42.5 Å². The number of nitrogens with one attached hydrogen (secondary N) is 2. The maximum absolute atomic E-state index is 12.7. The van der Waals surface area contributed by atoms with Crippen molar-refractivity contribution in [3.05, 3.63) is 64.7 Å². The molecule has 0 atom stereocenters. The lowest BCUT2D eigenvalue weighted by Gasteiger charge is -2.30. The van der Waals surface area contributed by atoms with Crippen LogP contribution in [-0.2, 0) is 17.9 Å². The van der Waals surface area contributed by atoms with Crippen LogP contribution in [-0.4, -0.2) is 57.7 Å². The van der Waals surface area contributed by atoms with Crippen molar-refractivity contribution in [2.45, 2.75) is 26.9 Å². The fourth-order valence-electron chi connectivity index (χ4n) is 4.03. The number of carbonyl (C=O) groups is 1. The van der Waals surface area contributed by atoms with Crippen molar-refractivity contribution in [3.8, 4) is 5.75 Å². The van der Waals surface area contributed by atoms with Gasteiger partial charge in [0.1, 0.15) is 38.5 Å². The molecule has 0 bridgehead atoms. The zero-order valence-electron chi connectivity index (χ0n) is 18.3. The van der Waals surface area contributed by atoms with Crippen molar-refractivity contribution in [2.75, 3.05) is 46.9 Å². The summed E-state index contributed by atoms with van der Waals surface area (Å²) in [7, 11) is 3.65. The number of hydrogen-bond donors (Lipinski definition) is 2. The van der Waals surface area contributed by atoms with Crippen LogP contribution in [0, 0.1) is 13.8 Å². The van der Waals surface area contributed by atoms with E-state index in [1.165, 1.54) is 27.2 Å². The molecule has 156 valence electrons. The van der Waals surface area contributed by atoms with E-state index < -0.39 is 0 Å². The predicted octanol–water partition coefficient (Wildman–Crippen LogP) is 0.254. The van der Waals surface area contributed by atoms with Gasteiger partial charge in [-0.1, -0.05) is 41.5 Å². The third-order valence-corrected chi connectivity index (χ3v) is 5.91. The van der Waals surface area contributed by atoms with Gasteiger partial charge < -0.3 is 19.4 Å². The van der Waals surface area contributed by atoms with Crippen LogP contribution in [0.1, 0.15) is 22.3 Å². The number of methoxy groups -OCH3 is 1. The van der Waals surface area contributed by atoms with Gasteiger partial charge in [-0.25, -0.2) is 0 Å². The van der Waals surface area contributed by atoms with E-state index in [1.807, 2.05) is 11.9 Å². The van der Waals surface area contributed by atoms with E-state index in [1.54, 1.807) is 12.0 Å². The first kappa shape index (κ1) is 21.3. The van der Waals surface area contributed by atoms with Crippen molar-refractivity contribution in [2.24, 2.45) is 0 Å². The molecule has 5 heteroatoms. The average molecular weight is 398 g/mol. The Balaban J connectivity index is 1.46. The van der Waals surface area contributed by atoms with E-state index in [-0.39, 0.29) is 5.91 Å². The number of hydrogen-bond acceptors (Lipinski definition) is 2. The first-order chi connectivity index (χ1) is 13.9. The molecule has 1 amide bonds. The fraction of sp³-hybridized carbons (Fsp3) is 0.458. The lowest BCUT2D eigenvalue weighted by atomic mass is 10.1. The molecule has 1 heterocycles. The largest absolute Gasteiger partial charge is 0.496 e. The zero-order chi connectivity index (χ0) is 20.8. The molecule has 1 fully saturated rings. The molecule has 2 aromatic rings. The van der Waals surface area contributed by atoms with Crippen molar-refractivity contribution < 1.29 is 19.3 Å². The van der Waals surface area contributed by atoms with Gasteiger partial charge >= 0.3 is 0 Å². The highest BCUT2D eigenvalue weighted by atomic mass is 16.5. The Labute approximate surface area is 174 Å². The van der Waals surface area contributed by atoms with Crippen molar-refractivity contribution in [1.82, 2.24) is 4.90 Å². The molecule has 1 aliphatic heterocycles. The highest BCUT2D eigenvalue weighted by Crippen LogP contribution is 2.18. The summed E-state index contributed by atoms with van der Waals surface area (Å²) >= 11 is 0. The molecule has 2 N–H and O–H groups in total. The Hall–Kier alpha value is -2.37. The Morgan fingerprint density at radius 1 is 0.966 bits per heavy atom. The number of likely N-dealkylation sites (N-methyl/N-ethyl adjacent to an activating group) is 1. The summed E-state index contributed by atoms with van der Waals surface area (Å²) < 4.78 is 5.53. The first-order valence-corrected chi connectivity index (χ1v) is 10.5. The summed E-state index contributed by atoms with van der Waals surface area (Å²) in [5.74, 6) is 1.20. The molecule has 0 aliphatic carbocycles. The number of quaternary nitrogens is 2. The van der Waals surface area contributed by atoms with Crippen molar-refractivity contribution >= 4 is 5.91 Å². The van der Waals surface area contributed by atoms with Gasteiger partial charge in [-0.3, -0.25) is 4.79 Å². The van der Waals surface area contributed by atoms with Crippen molar-refractivity contribution in [1.29, 1.82) is 0 Å². The molecule has 3 rings (SSSR count). The molecule has 2 aromatic carbocycles. The molecule has 1 saturated heterocycles. The monoisotopic (exact) mass is 397 g/mol. The SMILES string of the molecule is COc1ccc(C)cc1C[NH+]1CC[NH+](CC(=O)N(C)Cc2ccc(C)cc2)CC1. The molecule has 0 radical (unpaired) electrons. The number of ether oxygens (including phenoxy) is 1. The quantitative estimate of drug-likeness (QED) is 0.703. The summed E-state index contributed by atoms with van der Waals surface area (Å²) in [6.45, 7) is 10.7. The summed E-state index contributed by atoms with van der Waals surface area (Å²) in [5.41, 5.74) is 4.98. The van der Waals surface area contributed by atoms with Crippen LogP contribution in [0.3, 0.4) is 0 Å². The van der Waals surface area contributed by atoms with Crippen LogP contribution >= 0.6 is 0 Å². The van der Waals surface area contributed by atoms with Crippen LogP contribution in [0.25, 0.3) is 0 Å². The molecular weight excluding hydrogens is 362 g/mol. The predicted molar refractivity (Wildman–Crippen MR) is 115 cm³/mol. The summed E-state index contributed by atoms with van der Waals surface area (Å²) in [6, 6.07) is 14.8. The first-order valence-electron chi connectivity index (χ1n) is 10.5. The number of aryl methyl sites for hydroxylation is 2. The number of rotatable bonds is 7. The van der Waals surface area contributed by atoms with Gasteiger partial charge in [0, 0.05) is 19.2 Å². The number of amides is 1. The summed E-state index contributed by atoms with van der Waals surface area (Å²) in [6.07, 6.45) is 0. The van der Waals surface area contributed by atoms with E-state index in [0.29, 0.717) is 13.1 Å². The minimum Gasteiger partial charge on any atom is -0.496 e. The van der Waals surface area contributed by atoms with E-state index in [0.717, 1.165) is 38.5 Å². The molecule has 0 spiro atoms. The molecule has 5 nitrogen and oxygen atoms in total. The Morgan fingerprint density at radius 3 is 2.24 bits per heavy atom. The van der Waals surface area contributed by atoms with Crippen molar-refractivity contribution in [3.63, 3.8) is 0 Å². The van der Waals surface area contributed by atoms with Gasteiger partial charge in [-0.15, -0.1) is 0 Å². The molecule has 0 saturated carbocycles. The molecule has 0 aromatic heterocycles. The van der Waals surface area contributed by atoms with E-state index in [9.17, 15) is 4.79 Å². The van der Waals surface area contributed by atoms with E-state index in [2.05, 4.69) is 56.3 Å². The summed E-state index contributed by atoms with van der Waals surface area (Å²) in [4.78, 5) is 17.5. The van der Waals surface area contributed by atoms with Crippen LogP contribution in [0.4, 0.5) is 0 Å². The van der Waals surface area contributed by atoms with Crippen LogP contribution in [0.5, 0.6) is 5.75 Å². The number of carbonyl (C=O) groups excluding carboxylic acids is 1. The second-order valence-electron chi connectivity index (χ2n) is 8.40. The highest BCUT2D eigenvalue weighted by molar-refractivity contribution is 5.76. The van der Waals surface area contributed by atoms with Gasteiger partial charge in [0.15, 0.2) is 6.54 Å². The minimum atomic E-state index is 0.226. The summed E-state index contributed by atoms with van der Waals surface area (Å²) in [5, 5.41) is 0. The Morgan fingerprint density at radius 2 is 1.59 bits per heavy atom. The van der Waals surface area contributed by atoms with E-state index >= 15 is 0 Å². The lowest BCUT2D eigenvalue weighted by Crippen LogP contribution is -3.28. The maximum Gasteiger partial charge on any atom is 0.277 e. The van der Waals surface area contributed by atoms with Gasteiger partial charge in [-0.2, -0.15) is 0 Å².